The van der Waals surface area contributed by atoms with Crippen molar-refractivity contribution in [3.05, 3.63) is 47.8 Å². The molecule has 3 nitrogen and oxygen atoms in total. The Hall–Kier alpha value is -2.36. The molecule has 0 amide bonds. The van der Waals surface area contributed by atoms with Gasteiger partial charge in [0.05, 0.1) is 5.39 Å². The van der Waals surface area contributed by atoms with E-state index in [2.05, 4.69) is 0 Å². The molecule has 4 heteroatoms. The molecule has 0 bridgehead atoms. The van der Waals surface area contributed by atoms with Crippen molar-refractivity contribution >= 4 is 27.9 Å². The largest absolute Gasteiger partial charge is 0.461 e. The molecule has 3 aromatic rings. The molecule has 0 saturated heterocycles. The van der Waals surface area contributed by atoms with Crippen LogP contribution in [0, 0.1) is 5.82 Å². The summed E-state index contributed by atoms with van der Waals surface area (Å²) in [7, 11) is 0. The molecule has 0 atom stereocenters. The van der Waals surface area contributed by atoms with Crippen molar-refractivity contribution in [1.82, 2.24) is 0 Å². The highest BCUT2D eigenvalue weighted by atomic mass is 19.1. The predicted octanol–water partition coefficient (Wildman–Crippen LogP) is 3.79. The minimum Gasteiger partial charge on any atom is -0.461 e. The second-order valence-electron chi connectivity index (χ2n) is 4.29. The number of furan rings is 1. The van der Waals surface area contributed by atoms with Crippen LogP contribution in [0.15, 0.2) is 40.8 Å². The summed E-state index contributed by atoms with van der Waals surface area (Å²) in [5.74, 6) is -0.833. The lowest BCUT2D eigenvalue weighted by atomic mass is 10.1. The van der Waals surface area contributed by atoms with Gasteiger partial charge in [0, 0.05) is 17.9 Å². The quantitative estimate of drug-likeness (QED) is 0.656. The number of benzene rings is 2. The Balaban J connectivity index is 2.19. The summed E-state index contributed by atoms with van der Waals surface area (Å²) < 4.78 is 24.8. The summed E-state index contributed by atoms with van der Waals surface area (Å²) in [6.45, 7) is 1.22. The predicted molar refractivity (Wildman–Crippen MR) is 69.1 cm³/mol. The first-order valence-electron chi connectivity index (χ1n) is 5.89. The molecule has 0 aliphatic heterocycles. The van der Waals surface area contributed by atoms with Gasteiger partial charge in [-0.15, -0.1) is 0 Å². The van der Waals surface area contributed by atoms with Crippen LogP contribution < -0.4 is 0 Å². The summed E-state index contributed by atoms with van der Waals surface area (Å²) >= 11 is 0. The third-order valence-corrected chi connectivity index (χ3v) is 2.99. The van der Waals surface area contributed by atoms with Crippen LogP contribution >= 0.6 is 0 Å². The first-order valence-corrected chi connectivity index (χ1v) is 5.89. The number of halogens is 1. The average molecular weight is 258 g/mol. The monoisotopic (exact) mass is 258 g/mol. The van der Waals surface area contributed by atoms with Gasteiger partial charge in [-0.1, -0.05) is 18.2 Å². The Labute approximate surface area is 108 Å². The number of rotatable bonds is 2. The number of fused-ring (bicyclic) bond motifs is 3. The van der Waals surface area contributed by atoms with E-state index in [1.165, 1.54) is 6.92 Å². The van der Waals surface area contributed by atoms with Gasteiger partial charge in [-0.2, -0.15) is 0 Å². The van der Waals surface area contributed by atoms with Gasteiger partial charge in [-0.3, -0.25) is 4.79 Å². The molecule has 96 valence electrons. The number of para-hydroxylation sites is 1. The van der Waals surface area contributed by atoms with E-state index in [0.717, 1.165) is 5.39 Å². The molecule has 0 unspecified atom stereocenters. The van der Waals surface area contributed by atoms with Crippen molar-refractivity contribution in [2.75, 3.05) is 0 Å². The van der Waals surface area contributed by atoms with Crippen LogP contribution in [0.4, 0.5) is 4.39 Å². The van der Waals surface area contributed by atoms with Crippen LogP contribution in [0.5, 0.6) is 0 Å². The number of esters is 1. The average Bonchev–Trinajstić information content (AvgIpc) is 2.76. The molecule has 1 heterocycles. The second kappa shape index (κ2) is 4.39. The van der Waals surface area contributed by atoms with Gasteiger partial charge in [0.15, 0.2) is 0 Å². The highest BCUT2D eigenvalue weighted by molar-refractivity contribution is 6.05. The third kappa shape index (κ3) is 1.95. The van der Waals surface area contributed by atoms with E-state index >= 15 is 0 Å². The van der Waals surface area contributed by atoms with Gasteiger partial charge < -0.3 is 9.15 Å². The van der Waals surface area contributed by atoms with E-state index < -0.39 is 11.8 Å². The Bertz CT molecular complexity index is 774. The van der Waals surface area contributed by atoms with Crippen molar-refractivity contribution in [3.63, 3.8) is 0 Å². The molecular formula is C15H11FO3. The lowest BCUT2D eigenvalue weighted by Crippen LogP contribution is -2.00. The van der Waals surface area contributed by atoms with Gasteiger partial charge in [-0.25, -0.2) is 4.39 Å². The first-order chi connectivity index (χ1) is 9.16. The normalized spacial score (nSPS) is 11.1. The van der Waals surface area contributed by atoms with Crippen molar-refractivity contribution in [3.8, 4) is 0 Å². The van der Waals surface area contributed by atoms with Crippen molar-refractivity contribution in [1.29, 1.82) is 0 Å². The maximum absolute atomic E-state index is 14.4. The molecule has 0 radical (unpaired) electrons. The summed E-state index contributed by atoms with van der Waals surface area (Å²) in [5, 5.41) is 1.15. The van der Waals surface area contributed by atoms with Crippen LogP contribution in [0.2, 0.25) is 0 Å². The Kier molecular flexibility index (Phi) is 2.71. The molecule has 0 saturated carbocycles. The lowest BCUT2D eigenvalue weighted by Gasteiger charge is -2.04. The van der Waals surface area contributed by atoms with Crippen molar-refractivity contribution in [2.24, 2.45) is 0 Å². The SMILES string of the molecule is CC(=O)OCc1ccc2oc3ccccc3c2c1F. The van der Waals surface area contributed by atoms with Gasteiger partial charge in [0.2, 0.25) is 0 Å². The smallest absolute Gasteiger partial charge is 0.302 e. The van der Waals surface area contributed by atoms with E-state index in [4.69, 9.17) is 9.15 Å². The Morgan fingerprint density at radius 3 is 2.79 bits per heavy atom. The van der Waals surface area contributed by atoms with E-state index in [1.54, 1.807) is 24.3 Å². The van der Waals surface area contributed by atoms with E-state index in [0.29, 0.717) is 22.1 Å². The first kappa shape index (κ1) is 11.7. The summed E-state index contributed by atoms with van der Waals surface area (Å²) in [5.41, 5.74) is 1.47. The fraction of sp³-hybridized carbons (Fsp3) is 0.133. The summed E-state index contributed by atoms with van der Waals surface area (Å²) in [4.78, 5) is 10.8. The maximum atomic E-state index is 14.4. The highest BCUT2D eigenvalue weighted by Crippen LogP contribution is 2.32. The fourth-order valence-corrected chi connectivity index (χ4v) is 2.11. The van der Waals surface area contributed by atoms with Gasteiger partial charge in [0.1, 0.15) is 23.6 Å². The molecular weight excluding hydrogens is 247 g/mol. The van der Waals surface area contributed by atoms with Gasteiger partial charge in [-0.05, 0) is 18.2 Å². The molecule has 0 aliphatic carbocycles. The van der Waals surface area contributed by atoms with Crippen LogP contribution in [-0.2, 0) is 16.1 Å². The van der Waals surface area contributed by atoms with Crippen LogP contribution in [0.25, 0.3) is 21.9 Å². The van der Waals surface area contributed by atoms with E-state index in [-0.39, 0.29) is 6.61 Å². The highest BCUT2D eigenvalue weighted by Gasteiger charge is 2.14. The van der Waals surface area contributed by atoms with Gasteiger partial charge >= 0.3 is 5.97 Å². The fourth-order valence-electron chi connectivity index (χ4n) is 2.11. The summed E-state index contributed by atoms with van der Waals surface area (Å²) in [6.07, 6.45) is 0. The third-order valence-electron chi connectivity index (χ3n) is 2.99. The maximum Gasteiger partial charge on any atom is 0.302 e. The molecule has 0 spiro atoms. The number of carbonyl (C=O) groups is 1. The van der Waals surface area contributed by atoms with Crippen molar-refractivity contribution in [2.45, 2.75) is 13.5 Å². The Morgan fingerprint density at radius 2 is 2.00 bits per heavy atom. The number of ether oxygens (including phenoxy) is 1. The second-order valence-corrected chi connectivity index (χ2v) is 4.29. The van der Waals surface area contributed by atoms with Crippen LogP contribution in [0.1, 0.15) is 12.5 Å². The van der Waals surface area contributed by atoms with E-state index in [1.807, 2.05) is 12.1 Å². The van der Waals surface area contributed by atoms with Crippen LogP contribution in [-0.4, -0.2) is 5.97 Å². The number of carbonyl (C=O) groups excluding carboxylic acids is 1. The molecule has 2 aromatic carbocycles. The van der Waals surface area contributed by atoms with E-state index in [9.17, 15) is 9.18 Å². The standard InChI is InChI=1S/C15H11FO3/c1-9(17)18-8-10-6-7-13-14(15(10)16)11-4-2-3-5-12(11)19-13/h2-7H,8H2,1H3. The zero-order valence-corrected chi connectivity index (χ0v) is 10.3. The number of hydrogen-bond donors (Lipinski definition) is 0. The lowest BCUT2D eigenvalue weighted by molar-refractivity contribution is -0.142. The number of hydrogen-bond acceptors (Lipinski definition) is 3. The zero-order valence-electron chi connectivity index (χ0n) is 10.3. The topological polar surface area (TPSA) is 39.4 Å². The zero-order chi connectivity index (χ0) is 13.4. The van der Waals surface area contributed by atoms with Crippen molar-refractivity contribution < 1.29 is 18.3 Å². The molecule has 0 aliphatic rings. The van der Waals surface area contributed by atoms with Gasteiger partial charge in [0.25, 0.3) is 0 Å². The molecule has 1 aromatic heterocycles. The molecule has 0 N–H and O–H groups in total. The molecule has 19 heavy (non-hydrogen) atoms. The van der Waals surface area contributed by atoms with Crippen LogP contribution in [0.3, 0.4) is 0 Å². The summed E-state index contributed by atoms with van der Waals surface area (Å²) in [6, 6.07) is 10.5. The molecule has 0 fully saturated rings. The Morgan fingerprint density at radius 1 is 1.21 bits per heavy atom. The minimum absolute atomic E-state index is 0.0728. The minimum atomic E-state index is -0.434. The molecule has 3 rings (SSSR count).